The van der Waals surface area contributed by atoms with Crippen molar-refractivity contribution in [1.29, 1.82) is 0 Å². The minimum Gasteiger partial charge on any atom is -0.309 e. The molecule has 0 unspecified atom stereocenters. The molecular formula is C62H35N. The molecule has 1 aromatic heterocycles. The molecule has 1 heterocycles. The van der Waals surface area contributed by atoms with Gasteiger partial charge in [-0.1, -0.05) is 176 Å². The van der Waals surface area contributed by atoms with Crippen molar-refractivity contribution in [2.24, 2.45) is 0 Å². The van der Waals surface area contributed by atoms with Gasteiger partial charge in [0, 0.05) is 16.5 Å². The maximum absolute atomic E-state index is 2.53. The summed E-state index contributed by atoms with van der Waals surface area (Å²) in [6.45, 7) is 0. The van der Waals surface area contributed by atoms with Gasteiger partial charge in [-0.2, -0.15) is 0 Å². The van der Waals surface area contributed by atoms with Crippen LogP contribution in [0.4, 0.5) is 0 Å². The molecule has 0 aliphatic carbocycles. The van der Waals surface area contributed by atoms with Gasteiger partial charge in [0.1, 0.15) is 0 Å². The van der Waals surface area contributed by atoms with E-state index < -0.39 is 0 Å². The third kappa shape index (κ3) is 4.31. The predicted molar refractivity (Wildman–Crippen MR) is 272 cm³/mol. The van der Waals surface area contributed by atoms with Crippen molar-refractivity contribution >= 4 is 119 Å². The van der Waals surface area contributed by atoms with Gasteiger partial charge in [0.05, 0.1) is 11.0 Å². The summed E-state index contributed by atoms with van der Waals surface area (Å²) >= 11 is 0. The van der Waals surface area contributed by atoms with Gasteiger partial charge in [-0.3, -0.25) is 0 Å². The van der Waals surface area contributed by atoms with Gasteiger partial charge in [0.25, 0.3) is 0 Å². The van der Waals surface area contributed by atoms with Crippen LogP contribution in [-0.4, -0.2) is 4.57 Å². The number of rotatable bonds is 3. The van der Waals surface area contributed by atoms with Crippen molar-refractivity contribution in [2.75, 3.05) is 0 Å². The molecule has 0 atom stereocenters. The minimum absolute atomic E-state index is 1.18. The summed E-state index contributed by atoms with van der Waals surface area (Å²) in [6.07, 6.45) is 0. The first-order chi connectivity index (χ1) is 31.3. The highest BCUT2D eigenvalue weighted by Crippen LogP contribution is 2.55. The highest BCUT2D eigenvalue weighted by atomic mass is 15.0. The first kappa shape index (κ1) is 33.5. The zero-order valence-corrected chi connectivity index (χ0v) is 34.2. The van der Waals surface area contributed by atoms with Crippen LogP contribution in [0.2, 0.25) is 0 Å². The zero-order chi connectivity index (χ0) is 40.9. The van der Waals surface area contributed by atoms with Crippen LogP contribution in [0.15, 0.2) is 212 Å². The minimum atomic E-state index is 1.18. The monoisotopic (exact) mass is 793 g/mol. The second kappa shape index (κ2) is 12.2. The van der Waals surface area contributed by atoms with Gasteiger partial charge >= 0.3 is 0 Å². The molecule has 63 heavy (non-hydrogen) atoms. The molecule has 0 aliphatic heterocycles. The molecule has 15 rings (SSSR count). The average Bonchev–Trinajstić information content (AvgIpc) is 3.98. The quantitative estimate of drug-likeness (QED) is 0.157. The van der Waals surface area contributed by atoms with Crippen LogP contribution >= 0.6 is 0 Å². The molecule has 0 fully saturated rings. The normalized spacial score (nSPS) is 12.4. The first-order valence-electron chi connectivity index (χ1n) is 22.0. The van der Waals surface area contributed by atoms with Gasteiger partial charge in [-0.25, -0.2) is 0 Å². The molecular weight excluding hydrogens is 759 g/mol. The van der Waals surface area contributed by atoms with E-state index >= 15 is 0 Å². The molecule has 1 nitrogen and oxygen atoms in total. The molecule has 0 N–H and O–H groups in total. The van der Waals surface area contributed by atoms with Crippen LogP contribution in [0, 0.1) is 0 Å². The van der Waals surface area contributed by atoms with Crippen molar-refractivity contribution in [2.45, 2.75) is 0 Å². The fourth-order valence-corrected chi connectivity index (χ4v) is 12.0. The average molecular weight is 794 g/mol. The number of hydrogen-bond donors (Lipinski definition) is 0. The molecule has 288 valence electrons. The molecule has 15 aromatic rings. The summed E-state index contributed by atoms with van der Waals surface area (Å²) in [4.78, 5) is 0. The van der Waals surface area contributed by atoms with E-state index in [9.17, 15) is 0 Å². The Labute approximate surface area is 361 Å². The first-order valence-corrected chi connectivity index (χ1v) is 22.0. The van der Waals surface area contributed by atoms with E-state index in [1.54, 1.807) is 0 Å². The van der Waals surface area contributed by atoms with E-state index in [0.717, 1.165) is 0 Å². The number of para-hydroxylation sites is 2. The Morgan fingerprint density at radius 3 is 1.43 bits per heavy atom. The lowest BCUT2D eigenvalue weighted by Crippen LogP contribution is -1.94. The van der Waals surface area contributed by atoms with Gasteiger partial charge in [0.2, 0.25) is 0 Å². The zero-order valence-electron chi connectivity index (χ0n) is 34.2. The molecule has 1 heteroatoms. The number of nitrogens with zero attached hydrogens (tertiary/aromatic N) is 1. The Bertz CT molecular complexity index is 4350. The summed E-state index contributed by atoms with van der Waals surface area (Å²) in [5, 5.41) is 26.1. The lowest BCUT2D eigenvalue weighted by molar-refractivity contribution is 1.19. The van der Waals surface area contributed by atoms with Gasteiger partial charge in [0.15, 0.2) is 0 Å². The second-order valence-corrected chi connectivity index (χ2v) is 17.4. The van der Waals surface area contributed by atoms with E-state index in [2.05, 4.69) is 217 Å². The van der Waals surface area contributed by atoms with E-state index in [1.165, 1.54) is 147 Å². The lowest BCUT2D eigenvalue weighted by atomic mass is 9.84. The highest BCUT2D eigenvalue weighted by molar-refractivity contribution is 6.46. The largest absolute Gasteiger partial charge is 0.309 e. The number of aromatic nitrogens is 1. The van der Waals surface area contributed by atoms with Crippen LogP contribution in [0.1, 0.15) is 0 Å². The summed E-state index contributed by atoms with van der Waals surface area (Å²) in [7, 11) is 0. The summed E-state index contributed by atoms with van der Waals surface area (Å²) in [5.41, 5.74) is 8.73. The molecule has 0 saturated carbocycles. The Morgan fingerprint density at radius 1 is 0.222 bits per heavy atom. The van der Waals surface area contributed by atoms with Gasteiger partial charge in [-0.05, 0) is 156 Å². The van der Waals surface area contributed by atoms with E-state index in [4.69, 9.17) is 0 Å². The molecule has 0 radical (unpaired) electrons. The van der Waals surface area contributed by atoms with Crippen LogP contribution < -0.4 is 0 Å². The van der Waals surface area contributed by atoms with Crippen LogP contribution in [0.3, 0.4) is 0 Å². The number of hydrogen-bond acceptors (Lipinski definition) is 0. The van der Waals surface area contributed by atoms with Gasteiger partial charge in [-0.15, -0.1) is 0 Å². The molecule has 0 amide bonds. The third-order valence-corrected chi connectivity index (χ3v) is 14.4. The highest BCUT2D eigenvalue weighted by Gasteiger charge is 2.27. The summed E-state index contributed by atoms with van der Waals surface area (Å²) < 4.78 is 2.43. The molecule has 0 bridgehead atoms. The third-order valence-electron chi connectivity index (χ3n) is 14.4. The van der Waals surface area contributed by atoms with Crippen LogP contribution in [-0.2, 0) is 0 Å². The van der Waals surface area contributed by atoms with Crippen LogP contribution in [0.5, 0.6) is 0 Å². The van der Waals surface area contributed by atoms with Crippen molar-refractivity contribution in [3.8, 4) is 27.9 Å². The Morgan fingerprint density at radius 2 is 0.730 bits per heavy atom. The van der Waals surface area contributed by atoms with Crippen molar-refractivity contribution in [3.05, 3.63) is 212 Å². The maximum atomic E-state index is 2.53. The van der Waals surface area contributed by atoms with Crippen LogP contribution in [0.25, 0.3) is 147 Å². The molecule has 0 aliphatic rings. The van der Waals surface area contributed by atoms with Crippen molar-refractivity contribution in [1.82, 2.24) is 4.57 Å². The van der Waals surface area contributed by atoms with E-state index in [1.807, 2.05) is 0 Å². The molecule has 0 saturated heterocycles. The van der Waals surface area contributed by atoms with Crippen molar-refractivity contribution in [3.63, 3.8) is 0 Å². The molecule has 0 spiro atoms. The van der Waals surface area contributed by atoms with E-state index in [-0.39, 0.29) is 0 Å². The fraction of sp³-hybridized carbons (Fsp3) is 0. The van der Waals surface area contributed by atoms with Crippen molar-refractivity contribution < 1.29 is 0 Å². The molecule has 14 aromatic carbocycles. The Kier molecular flexibility index (Phi) is 6.47. The van der Waals surface area contributed by atoms with Gasteiger partial charge < -0.3 is 4.57 Å². The second-order valence-electron chi connectivity index (χ2n) is 17.4. The topological polar surface area (TPSA) is 4.93 Å². The van der Waals surface area contributed by atoms with E-state index in [0.29, 0.717) is 0 Å². The lowest BCUT2D eigenvalue weighted by Gasteiger charge is -2.19. The Hall–Kier alpha value is -8.26. The number of fused-ring (bicyclic) bond motifs is 15. The summed E-state index contributed by atoms with van der Waals surface area (Å²) in [5.74, 6) is 0. The maximum Gasteiger partial charge on any atom is 0.0541 e. The standard InChI is InChI=1S/C62H35N/c1-3-15-36(16-4-1)56-52-35-50-43-20-8-7-19-42(43)46-23-13-25-48(58(46)50)60(52)57(37-17-5-2-6-18-37)62-51-34-39-30-29-38-33-40(63-53-27-11-9-21-44(53)45-22-10-12-28-54(45)63)31-32-41(38)55(39)47-24-14-26-49(59(47)51)61(56)62/h1-35H. The SMILES string of the molecule is c1ccc(-c2c3cc4c5ccccc5c5cccc(c3c(-c3ccccc3)c3c6cc7ccc8cc(-n9c%10ccccc%10c%10ccccc%109)ccc8c7c7cccc(c23)c67)c54)cc1. The Balaban J connectivity index is 1.13. The number of benzene rings is 12. The predicted octanol–water partition coefficient (Wildman–Crippen LogP) is 17.4. The summed E-state index contributed by atoms with van der Waals surface area (Å²) in [6, 6.07) is 79.7. The smallest absolute Gasteiger partial charge is 0.0541 e. The fourth-order valence-electron chi connectivity index (χ4n) is 12.0.